The van der Waals surface area contributed by atoms with Crippen LogP contribution in [0.2, 0.25) is 0 Å². The molecule has 0 spiro atoms. The number of carboxylic acids is 1. The van der Waals surface area contributed by atoms with Crippen LogP contribution in [0.25, 0.3) is 0 Å². The van der Waals surface area contributed by atoms with Gasteiger partial charge in [0.15, 0.2) is 15.0 Å². The number of aryl methyl sites for hydroxylation is 1. The van der Waals surface area contributed by atoms with Crippen molar-refractivity contribution >= 4 is 32.3 Å². The molecule has 0 radical (unpaired) electrons. The molecule has 1 aliphatic rings. The van der Waals surface area contributed by atoms with Crippen LogP contribution in [-0.4, -0.2) is 48.6 Å². The maximum atomic E-state index is 11.5. The maximum absolute atomic E-state index is 11.5. The highest BCUT2D eigenvalue weighted by atomic mass is 32.2. The van der Waals surface area contributed by atoms with Crippen LogP contribution in [0.1, 0.15) is 19.0 Å². The summed E-state index contributed by atoms with van der Waals surface area (Å²) in [4.78, 5) is 16.9. The third kappa shape index (κ3) is 3.66. The van der Waals surface area contributed by atoms with E-state index in [1.54, 1.807) is 0 Å². The number of aliphatic carboxylic acids is 1. The Labute approximate surface area is 116 Å². The van der Waals surface area contributed by atoms with Crippen molar-refractivity contribution in [3.63, 3.8) is 0 Å². The van der Waals surface area contributed by atoms with Gasteiger partial charge in [0.05, 0.1) is 23.6 Å². The summed E-state index contributed by atoms with van der Waals surface area (Å²) in [5.74, 6) is -0.537. The highest BCUT2D eigenvalue weighted by Gasteiger charge is 2.29. The predicted octanol–water partition coefficient (Wildman–Crippen LogP) is 0.784. The first-order valence-electron chi connectivity index (χ1n) is 6.00. The summed E-state index contributed by atoms with van der Waals surface area (Å²) in [5, 5.41) is 11.3. The number of hydrogen-bond acceptors (Lipinski definition) is 6. The second-order valence-corrected chi connectivity index (χ2v) is 7.74. The fourth-order valence-electron chi connectivity index (χ4n) is 2.06. The predicted molar refractivity (Wildman–Crippen MR) is 73.5 cm³/mol. The zero-order valence-electron chi connectivity index (χ0n) is 10.6. The Bertz CT molecular complexity index is 567. The lowest BCUT2D eigenvalue weighted by Gasteiger charge is -2.32. The van der Waals surface area contributed by atoms with E-state index in [2.05, 4.69) is 4.98 Å². The molecule has 1 atom stereocenters. The topological polar surface area (TPSA) is 87.6 Å². The number of nitrogens with zero attached hydrogens (tertiary/aromatic N) is 2. The standard InChI is InChI=1S/C11H16N2O4S2/c1-8-7-19(16,17)5-4-13(8)11-12-9(6-18-11)2-3-10(14)15/h6,8H,2-5,7H2,1H3,(H,14,15). The molecule has 106 valence electrons. The average molecular weight is 304 g/mol. The summed E-state index contributed by atoms with van der Waals surface area (Å²) in [6.07, 6.45) is 0.472. The van der Waals surface area contributed by atoms with E-state index < -0.39 is 15.8 Å². The van der Waals surface area contributed by atoms with Crippen molar-refractivity contribution < 1.29 is 18.3 Å². The van der Waals surface area contributed by atoms with Gasteiger partial charge in [-0.3, -0.25) is 4.79 Å². The third-order valence-corrected chi connectivity index (χ3v) is 5.77. The number of rotatable bonds is 4. The molecule has 1 saturated heterocycles. The Morgan fingerprint density at radius 3 is 3.00 bits per heavy atom. The lowest BCUT2D eigenvalue weighted by atomic mass is 10.2. The molecule has 0 aliphatic carbocycles. The van der Waals surface area contributed by atoms with Crippen LogP contribution >= 0.6 is 11.3 Å². The van der Waals surface area contributed by atoms with E-state index in [1.165, 1.54) is 11.3 Å². The summed E-state index contributed by atoms with van der Waals surface area (Å²) in [6.45, 7) is 2.32. The van der Waals surface area contributed by atoms with Crippen LogP contribution in [0.5, 0.6) is 0 Å². The molecule has 19 heavy (non-hydrogen) atoms. The largest absolute Gasteiger partial charge is 0.481 e. The highest BCUT2D eigenvalue weighted by Crippen LogP contribution is 2.25. The van der Waals surface area contributed by atoms with E-state index in [9.17, 15) is 13.2 Å². The molecule has 8 heteroatoms. The van der Waals surface area contributed by atoms with E-state index in [1.807, 2.05) is 17.2 Å². The van der Waals surface area contributed by atoms with Crippen LogP contribution < -0.4 is 4.90 Å². The number of thiazole rings is 1. The van der Waals surface area contributed by atoms with Crippen molar-refractivity contribution in [2.75, 3.05) is 23.0 Å². The molecule has 2 heterocycles. The van der Waals surface area contributed by atoms with Crippen LogP contribution in [0.15, 0.2) is 5.38 Å². The highest BCUT2D eigenvalue weighted by molar-refractivity contribution is 7.91. The first kappa shape index (κ1) is 14.3. The molecule has 0 aromatic carbocycles. The van der Waals surface area contributed by atoms with Gasteiger partial charge in [0.1, 0.15) is 0 Å². The monoisotopic (exact) mass is 304 g/mol. The number of sulfone groups is 1. The van der Waals surface area contributed by atoms with Crippen molar-refractivity contribution in [1.82, 2.24) is 4.98 Å². The van der Waals surface area contributed by atoms with Gasteiger partial charge in [-0.15, -0.1) is 11.3 Å². The summed E-state index contributed by atoms with van der Waals surface area (Å²) in [5.41, 5.74) is 0.753. The molecule has 1 aliphatic heterocycles. The van der Waals surface area contributed by atoms with E-state index in [0.29, 0.717) is 13.0 Å². The zero-order chi connectivity index (χ0) is 14.0. The minimum absolute atomic E-state index is 0.0626. The smallest absolute Gasteiger partial charge is 0.303 e. The number of anilines is 1. The molecular formula is C11H16N2O4S2. The minimum Gasteiger partial charge on any atom is -0.481 e. The van der Waals surface area contributed by atoms with Gasteiger partial charge in [-0.05, 0) is 6.92 Å². The fourth-order valence-corrected chi connectivity index (χ4v) is 4.61. The summed E-state index contributed by atoms with van der Waals surface area (Å²) in [7, 11) is -2.93. The third-order valence-electron chi connectivity index (χ3n) is 3.05. The lowest BCUT2D eigenvalue weighted by molar-refractivity contribution is -0.136. The van der Waals surface area contributed by atoms with Gasteiger partial charge in [-0.1, -0.05) is 0 Å². The lowest BCUT2D eigenvalue weighted by Crippen LogP contribution is -2.47. The first-order valence-corrected chi connectivity index (χ1v) is 8.71. The molecule has 1 N–H and O–H groups in total. The quantitative estimate of drug-likeness (QED) is 0.884. The second-order valence-electron chi connectivity index (χ2n) is 4.67. The molecular weight excluding hydrogens is 288 g/mol. The normalized spacial score (nSPS) is 22.4. The number of hydrogen-bond donors (Lipinski definition) is 1. The van der Waals surface area contributed by atoms with Gasteiger partial charge in [0.25, 0.3) is 0 Å². The molecule has 1 unspecified atom stereocenters. The van der Waals surface area contributed by atoms with Crippen molar-refractivity contribution in [3.8, 4) is 0 Å². The molecule has 2 rings (SSSR count). The maximum Gasteiger partial charge on any atom is 0.303 e. The van der Waals surface area contributed by atoms with Gasteiger partial charge in [-0.25, -0.2) is 13.4 Å². The van der Waals surface area contributed by atoms with Crippen molar-refractivity contribution in [3.05, 3.63) is 11.1 Å². The van der Waals surface area contributed by atoms with E-state index >= 15 is 0 Å². The summed E-state index contributed by atoms with van der Waals surface area (Å²) >= 11 is 1.44. The second kappa shape index (κ2) is 5.46. The fraction of sp³-hybridized carbons (Fsp3) is 0.636. The van der Waals surface area contributed by atoms with Gasteiger partial charge in [0, 0.05) is 24.4 Å². The van der Waals surface area contributed by atoms with E-state index in [-0.39, 0.29) is 24.0 Å². The van der Waals surface area contributed by atoms with Crippen LogP contribution in [-0.2, 0) is 21.1 Å². The van der Waals surface area contributed by atoms with Crippen molar-refractivity contribution in [1.29, 1.82) is 0 Å². The van der Waals surface area contributed by atoms with Crippen LogP contribution in [0.4, 0.5) is 5.13 Å². The van der Waals surface area contributed by atoms with Crippen molar-refractivity contribution in [2.45, 2.75) is 25.8 Å². The molecule has 1 aromatic rings. The molecule has 0 amide bonds. The van der Waals surface area contributed by atoms with E-state index in [4.69, 9.17) is 5.11 Å². The van der Waals surface area contributed by atoms with Gasteiger partial charge >= 0.3 is 5.97 Å². The average Bonchev–Trinajstić information content (AvgIpc) is 2.73. The Morgan fingerprint density at radius 1 is 1.63 bits per heavy atom. The SMILES string of the molecule is CC1CS(=O)(=O)CCN1c1nc(CCC(=O)O)cs1. The molecule has 0 bridgehead atoms. The molecule has 0 saturated carbocycles. The zero-order valence-corrected chi connectivity index (χ0v) is 12.2. The van der Waals surface area contributed by atoms with E-state index in [0.717, 1.165) is 10.8 Å². The molecule has 1 aromatic heterocycles. The van der Waals surface area contributed by atoms with Crippen LogP contribution in [0.3, 0.4) is 0 Å². The number of carbonyl (C=O) groups is 1. The Balaban J connectivity index is 2.04. The summed E-state index contributed by atoms with van der Waals surface area (Å²) in [6, 6.07) is -0.0859. The number of aromatic nitrogens is 1. The summed E-state index contributed by atoms with van der Waals surface area (Å²) < 4.78 is 23.0. The van der Waals surface area contributed by atoms with Gasteiger partial charge in [-0.2, -0.15) is 0 Å². The van der Waals surface area contributed by atoms with Gasteiger partial charge in [0.2, 0.25) is 0 Å². The molecule has 6 nitrogen and oxygen atoms in total. The van der Waals surface area contributed by atoms with Crippen molar-refractivity contribution in [2.24, 2.45) is 0 Å². The number of carboxylic acid groups (broad SMARTS) is 1. The Morgan fingerprint density at radius 2 is 2.37 bits per heavy atom. The minimum atomic E-state index is -2.93. The first-order chi connectivity index (χ1) is 8.87. The van der Waals surface area contributed by atoms with Gasteiger partial charge < -0.3 is 10.0 Å². The molecule has 1 fully saturated rings. The van der Waals surface area contributed by atoms with Crippen LogP contribution in [0, 0.1) is 0 Å². The Kier molecular flexibility index (Phi) is 4.10. The Hall–Kier alpha value is -1.15.